The summed E-state index contributed by atoms with van der Waals surface area (Å²) in [6.07, 6.45) is 2.38. The molecule has 0 radical (unpaired) electrons. The summed E-state index contributed by atoms with van der Waals surface area (Å²) in [7, 11) is 0. The normalized spacial score (nSPS) is 14.9. The van der Waals surface area contributed by atoms with E-state index < -0.39 is 0 Å². The summed E-state index contributed by atoms with van der Waals surface area (Å²) in [5.41, 5.74) is 1.72. The Hall–Kier alpha value is -0.820. The summed E-state index contributed by atoms with van der Waals surface area (Å²) in [4.78, 5) is 0. The van der Waals surface area contributed by atoms with Gasteiger partial charge < -0.3 is 5.32 Å². The van der Waals surface area contributed by atoms with Gasteiger partial charge in [-0.05, 0) is 24.9 Å². The van der Waals surface area contributed by atoms with E-state index in [-0.39, 0.29) is 5.41 Å². The Bertz CT molecular complexity index is 268. The average molecular weight is 205 g/mol. The fourth-order valence-corrected chi connectivity index (χ4v) is 1.81. The summed E-state index contributed by atoms with van der Waals surface area (Å²) in [5, 5.41) is 3.53. The van der Waals surface area contributed by atoms with Gasteiger partial charge in [0.2, 0.25) is 0 Å². The van der Waals surface area contributed by atoms with Crippen LogP contribution in [-0.2, 0) is 5.41 Å². The van der Waals surface area contributed by atoms with E-state index in [0.717, 1.165) is 13.1 Å². The number of hydrogen-bond acceptors (Lipinski definition) is 1. The molecule has 1 unspecified atom stereocenters. The Kier molecular flexibility index (Phi) is 4.83. The molecule has 0 heterocycles. The van der Waals surface area contributed by atoms with Crippen LogP contribution < -0.4 is 5.32 Å². The Labute approximate surface area is 93.9 Å². The highest BCUT2D eigenvalue weighted by atomic mass is 14.9. The van der Waals surface area contributed by atoms with Gasteiger partial charge in [0.25, 0.3) is 0 Å². The zero-order valence-corrected chi connectivity index (χ0v) is 10.2. The van der Waals surface area contributed by atoms with Crippen LogP contribution in [0.4, 0.5) is 0 Å². The minimum atomic E-state index is 0.274. The van der Waals surface area contributed by atoms with Gasteiger partial charge in [0.1, 0.15) is 0 Å². The first-order valence-electron chi connectivity index (χ1n) is 5.99. The highest BCUT2D eigenvalue weighted by Gasteiger charge is 2.23. The molecule has 0 amide bonds. The van der Waals surface area contributed by atoms with Crippen molar-refractivity contribution in [3.63, 3.8) is 0 Å². The maximum Gasteiger partial charge on any atom is 0.00469 e. The van der Waals surface area contributed by atoms with E-state index in [9.17, 15) is 0 Å². The van der Waals surface area contributed by atoms with Gasteiger partial charge in [-0.15, -0.1) is 0 Å². The average Bonchev–Trinajstić information content (AvgIpc) is 2.30. The van der Waals surface area contributed by atoms with Gasteiger partial charge in [-0.25, -0.2) is 0 Å². The van der Waals surface area contributed by atoms with Crippen molar-refractivity contribution in [2.24, 2.45) is 0 Å². The maximum atomic E-state index is 3.53. The zero-order valence-electron chi connectivity index (χ0n) is 10.2. The number of hydrogen-bond donors (Lipinski definition) is 1. The minimum Gasteiger partial charge on any atom is -0.316 e. The lowest BCUT2D eigenvalue weighted by atomic mass is 9.80. The first kappa shape index (κ1) is 12.3. The van der Waals surface area contributed by atoms with Gasteiger partial charge in [0.05, 0.1) is 0 Å². The van der Waals surface area contributed by atoms with Crippen molar-refractivity contribution in [3.05, 3.63) is 35.9 Å². The lowest BCUT2D eigenvalue weighted by Gasteiger charge is -2.29. The van der Waals surface area contributed by atoms with Crippen molar-refractivity contribution in [2.75, 3.05) is 13.1 Å². The van der Waals surface area contributed by atoms with Crippen LogP contribution in [0.15, 0.2) is 30.3 Å². The second-order valence-electron chi connectivity index (χ2n) is 4.46. The standard InChI is InChI=1S/C14H23N/c1-4-11-15-12-14(3,5-2)13-9-7-6-8-10-13/h6-10,15H,4-5,11-12H2,1-3H3. The quantitative estimate of drug-likeness (QED) is 0.702. The van der Waals surface area contributed by atoms with Crippen molar-refractivity contribution in [3.8, 4) is 0 Å². The minimum absolute atomic E-state index is 0.274. The summed E-state index contributed by atoms with van der Waals surface area (Å²) in [6, 6.07) is 10.8. The fourth-order valence-electron chi connectivity index (χ4n) is 1.81. The fraction of sp³-hybridized carbons (Fsp3) is 0.571. The number of nitrogens with one attached hydrogen (secondary N) is 1. The third-order valence-electron chi connectivity index (χ3n) is 3.19. The smallest absolute Gasteiger partial charge is 0.00469 e. The Balaban J connectivity index is 2.67. The molecule has 1 atom stereocenters. The SMILES string of the molecule is CCCNCC(C)(CC)c1ccccc1. The van der Waals surface area contributed by atoms with Crippen LogP contribution in [0, 0.1) is 0 Å². The van der Waals surface area contributed by atoms with Crippen LogP contribution in [0.1, 0.15) is 39.2 Å². The van der Waals surface area contributed by atoms with Crippen molar-refractivity contribution >= 4 is 0 Å². The van der Waals surface area contributed by atoms with Crippen molar-refractivity contribution in [1.82, 2.24) is 5.32 Å². The number of benzene rings is 1. The topological polar surface area (TPSA) is 12.0 Å². The molecule has 0 aliphatic carbocycles. The molecule has 0 aliphatic heterocycles. The van der Waals surface area contributed by atoms with E-state index in [0.29, 0.717) is 0 Å². The molecule has 1 aromatic carbocycles. The van der Waals surface area contributed by atoms with Crippen molar-refractivity contribution < 1.29 is 0 Å². The lowest BCUT2D eigenvalue weighted by molar-refractivity contribution is 0.417. The molecule has 0 saturated heterocycles. The van der Waals surface area contributed by atoms with Crippen LogP contribution >= 0.6 is 0 Å². The van der Waals surface area contributed by atoms with Gasteiger partial charge in [0, 0.05) is 12.0 Å². The van der Waals surface area contributed by atoms with E-state index in [1.165, 1.54) is 18.4 Å². The lowest BCUT2D eigenvalue weighted by Crippen LogP contribution is -2.35. The summed E-state index contributed by atoms with van der Waals surface area (Å²) >= 11 is 0. The third kappa shape index (κ3) is 3.35. The molecule has 0 aliphatic rings. The predicted octanol–water partition coefficient (Wildman–Crippen LogP) is 3.35. The molecule has 15 heavy (non-hydrogen) atoms. The first-order chi connectivity index (χ1) is 7.23. The first-order valence-corrected chi connectivity index (χ1v) is 5.99. The second-order valence-corrected chi connectivity index (χ2v) is 4.46. The van der Waals surface area contributed by atoms with E-state index >= 15 is 0 Å². The molecule has 0 bridgehead atoms. The van der Waals surface area contributed by atoms with E-state index in [4.69, 9.17) is 0 Å². The Morgan fingerprint density at radius 1 is 1.13 bits per heavy atom. The molecule has 84 valence electrons. The summed E-state index contributed by atoms with van der Waals surface area (Å²) in [5.74, 6) is 0. The van der Waals surface area contributed by atoms with Crippen molar-refractivity contribution in [1.29, 1.82) is 0 Å². The Morgan fingerprint density at radius 3 is 2.33 bits per heavy atom. The monoisotopic (exact) mass is 205 g/mol. The summed E-state index contributed by atoms with van der Waals surface area (Å²) in [6.45, 7) is 8.99. The highest BCUT2D eigenvalue weighted by molar-refractivity contribution is 5.24. The third-order valence-corrected chi connectivity index (χ3v) is 3.19. The van der Waals surface area contributed by atoms with E-state index in [1.54, 1.807) is 0 Å². The molecule has 0 spiro atoms. The molecular weight excluding hydrogens is 182 g/mol. The van der Waals surface area contributed by atoms with Crippen LogP contribution in [0.2, 0.25) is 0 Å². The van der Waals surface area contributed by atoms with Crippen LogP contribution in [0.25, 0.3) is 0 Å². The summed E-state index contributed by atoms with van der Waals surface area (Å²) < 4.78 is 0. The van der Waals surface area contributed by atoms with Gasteiger partial charge in [0.15, 0.2) is 0 Å². The highest BCUT2D eigenvalue weighted by Crippen LogP contribution is 2.26. The van der Waals surface area contributed by atoms with Crippen LogP contribution in [0.5, 0.6) is 0 Å². The molecular formula is C14H23N. The molecule has 1 N–H and O–H groups in total. The van der Waals surface area contributed by atoms with Gasteiger partial charge in [-0.2, -0.15) is 0 Å². The zero-order chi connectivity index (χ0) is 11.1. The second kappa shape index (κ2) is 5.92. The molecule has 1 nitrogen and oxygen atoms in total. The molecule has 1 heteroatoms. The molecule has 1 rings (SSSR count). The number of rotatable bonds is 6. The largest absolute Gasteiger partial charge is 0.316 e. The Morgan fingerprint density at radius 2 is 1.80 bits per heavy atom. The van der Waals surface area contributed by atoms with Crippen LogP contribution in [0.3, 0.4) is 0 Å². The molecule has 1 aromatic rings. The van der Waals surface area contributed by atoms with Crippen molar-refractivity contribution in [2.45, 2.75) is 39.0 Å². The van der Waals surface area contributed by atoms with Gasteiger partial charge in [-0.1, -0.05) is 51.1 Å². The van der Waals surface area contributed by atoms with Gasteiger partial charge in [-0.3, -0.25) is 0 Å². The van der Waals surface area contributed by atoms with E-state index in [2.05, 4.69) is 56.4 Å². The maximum absolute atomic E-state index is 3.53. The van der Waals surface area contributed by atoms with Gasteiger partial charge >= 0.3 is 0 Å². The van der Waals surface area contributed by atoms with Crippen LogP contribution in [-0.4, -0.2) is 13.1 Å². The molecule has 0 aromatic heterocycles. The predicted molar refractivity (Wildman–Crippen MR) is 67.2 cm³/mol. The van der Waals surface area contributed by atoms with E-state index in [1.807, 2.05) is 0 Å². The molecule has 0 saturated carbocycles. The molecule has 0 fully saturated rings.